The van der Waals surface area contributed by atoms with Crippen LogP contribution >= 0.6 is 0 Å². The van der Waals surface area contributed by atoms with Crippen molar-refractivity contribution in [2.45, 2.75) is 33.2 Å². The van der Waals surface area contributed by atoms with E-state index in [9.17, 15) is 19.7 Å². The van der Waals surface area contributed by atoms with Gasteiger partial charge in [0, 0.05) is 5.56 Å². The molecule has 0 unspecified atom stereocenters. The normalized spacial score (nSPS) is 12.8. The number of benzene rings is 2. The van der Waals surface area contributed by atoms with Crippen LogP contribution in [0.1, 0.15) is 53.0 Å². The van der Waals surface area contributed by atoms with Crippen LogP contribution < -0.4 is 9.47 Å². The zero-order valence-corrected chi connectivity index (χ0v) is 16.3. The van der Waals surface area contributed by atoms with Gasteiger partial charge in [0.15, 0.2) is 5.75 Å². The maximum Gasteiger partial charge on any atom is 0.314 e. The Balaban J connectivity index is 1.99. The summed E-state index contributed by atoms with van der Waals surface area (Å²) in [5.74, 6) is -0.450. The van der Waals surface area contributed by atoms with E-state index in [-0.39, 0.29) is 23.7 Å². The molecule has 0 spiro atoms. The summed E-state index contributed by atoms with van der Waals surface area (Å²) in [5.41, 5.74) is 0.955. The van der Waals surface area contributed by atoms with E-state index < -0.39 is 16.7 Å². The number of carbonyl (C=O) groups excluding carboxylic acids is 2. The second kappa shape index (κ2) is 8.72. The zero-order chi connectivity index (χ0) is 21.0. The lowest BCUT2D eigenvalue weighted by molar-refractivity contribution is -0.386. The molecule has 2 amide bonds. The van der Waals surface area contributed by atoms with Crippen LogP contribution in [0.4, 0.5) is 5.69 Å². The molecule has 0 atom stereocenters. The number of hydrogen-bond donors (Lipinski definition) is 0. The van der Waals surface area contributed by atoms with Gasteiger partial charge in [-0.3, -0.25) is 24.6 Å². The summed E-state index contributed by atoms with van der Waals surface area (Å²) in [6.45, 7) is 4.40. The molecule has 0 aliphatic carbocycles. The number of nitro benzene ring substituents is 1. The number of hydrogen-bond acceptors (Lipinski definition) is 6. The first-order chi connectivity index (χ1) is 14.0. The molecule has 2 aromatic rings. The van der Waals surface area contributed by atoms with Crippen molar-refractivity contribution in [1.82, 2.24) is 4.90 Å². The standard InChI is InChI=1S/C21H22N2O6/c1-3-9-28-18-12-17(23(26)27)19(29-10-4-2)11-14(18)13-22-20(24)15-7-5-6-8-16(15)21(22)25/h5-8,11-12H,3-4,9-10,13H2,1-2H3. The highest BCUT2D eigenvalue weighted by atomic mass is 16.6. The van der Waals surface area contributed by atoms with Crippen LogP contribution in [0.5, 0.6) is 11.5 Å². The number of amides is 2. The summed E-state index contributed by atoms with van der Waals surface area (Å²) in [6.07, 6.45) is 1.38. The lowest BCUT2D eigenvalue weighted by Gasteiger charge is -2.18. The number of carbonyl (C=O) groups is 2. The molecular formula is C21H22N2O6. The summed E-state index contributed by atoms with van der Waals surface area (Å²) >= 11 is 0. The summed E-state index contributed by atoms with van der Waals surface area (Å²) in [6, 6.07) is 9.40. The summed E-state index contributed by atoms with van der Waals surface area (Å²) in [7, 11) is 0. The van der Waals surface area contributed by atoms with Crippen LogP contribution in [0.2, 0.25) is 0 Å². The van der Waals surface area contributed by atoms with Gasteiger partial charge in [-0.15, -0.1) is 0 Å². The molecule has 3 rings (SSSR count). The van der Waals surface area contributed by atoms with Crippen LogP contribution in [-0.2, 0) is 6.54 Å². The van der Waals surface area contributed by atoms with Gasteiger partial charge in [-0.1, -0.05) is 26.0 Å². The van der Waals surface area contributed by atoms with Gasteiger partial charge in [0.25, 0.3) is 11.8 Å². The Labute approximate surface area is 168 Å². The molecule has 152 valence electrons. The van der Waals surface area contributed by atoms with Gasteiger partial charge in [0.2, 0.25) is 0 Å². The molecule has 0 aromatic heterocycles. The van der Waals surface area contributed by atoms with E-state index in [1.807, 2.05) is 13.8 Å². The molecular weight excluding hydrogens is 376 g/mol. The highest BCUT2D eigenvalue weighted by Gasteiger charge is 2.36. The highest BCUT2D eigenvalue weighted by molar-refractivity contribution is 6.21. The fraction of sp³-hybridized carbons (Fsp3) is 0.333. The SMILES string of the molecule is CCCOc1cc([N+](=O)[O-])c(OCCC)cc1CN1C(=O)c2ccccc2C1=O. The number of rotatable bonds is 9. The Morgan fingerprint density at radius 2 is 1.48 bits per heavy atom. The average molecular weight is 398 g/mol. The van der Waals surface area contributed by atoms with E-state index in [0.717, 1.165) is 4.90 Å². The predicted octanol–water partition coefficient (Wildman–Crippen LogP) is 3.97. The first kappa shape index (κ1) is 20.3. The van der Waals surface area contributed by atoms with E-state index in [1.54, 1.807) is 24.3 Å². The second-order valence-electron chi connectivity index (χ2n) is 6.62. The first-order valence-corrected chi connectivity index (χ1v) is 9.50. The van der Waals surface area contributed by atoms with Gasteiger partial charge in [-0.25, -0.2) is 0 Å². The minimum Gasteiger partial charge on any atom is -0.493 e. The van der Waals surface area contributed by atoms with Crippen molar-refractivity contribution in [3.8, 4) is 11.5 Å². The first-order valence-electron chi connectivity index (χ1n) is 9.50. The number of imide groups is 1. The number of nitrogens with zero attached hydrogens (tertiary/aromatic N) is 2. The van der Waals surface area contributed by atoms with Crippen molar-refractivity contribution >= 4 is 17.5 Å². The van der Waals surface area contributed by atoms with Crippen molar-refractivity contribution in [1.29, 1.82) is 0 Å². The molecule has 0 saturated carbocycles. The molecule has 1 heterocycles. The summed E-state index contributed by atoms with van der Waals surface area (Å²) in [5, 5.41) is 11.5. The fourth-order valence-electron chi connectivity index (χ4n) is 3.08. The smallest absolute Gasteiger partial charge is 0.314 e. The molecule has 0 fully saturated rings. The van der Waals surface area contributed by atoms with E-state index in [2.05, 4.69) is 0 Å². The van der Waals surface area contributed by atoms with E-state index in [0.29, 0.717) is 42.7 Å². The van der Waals surface area contributed by atoms with Gasteiger partial charge >= 0.3 is 5.69 Å². The Hall–Kier alpha value is -3.42. The van der Waals surface area contributed by atoms with Gasteiger partial charge in [-0.2, -0.15) is 0 Å². The fourth-order valence-corrected chi connectivity index (χ4v) is 3.08. The number of fused-ring (bicyclic) bond motifs is 1. The van der Waals surface area contributed by atoms with Crippen LogP contribution in [0.25, 0.3) is 0 Å². The quantitative estimate of drug-likeness (QED) is 0.360. The highest BCUT2D eigenvalue weighted by Crippen LogP contribution is 2.37. The van der Waals surface area contributed by atoms with Crippen LogP contribution in [-0.4, -0.2) is 34.9 Å². The largest absolute Gasteiger partial charge is 0.493 e. The maximum absolute atomic E-state index is 12.7. The number of ether oxygens (including phenoxy) is 2. The molecule has 0 N–H and O–H groups in total. The molecule has 1 aliphatic rings. The molecule has 8 heteroatoms. The molecule has 8 nitrogen and oxygen atoms in total. The Bertz CT molecular complexity index is 921. The lowest BCUT2D eigenvalue weighted by Crippen LogP contribution is -2.29. The van der Waals surface area contributed by atoms with Crippen LogP contribution in [0.3, 0.4) is 0 Å². The number of nitro groups is 1. The Morgan fingerprint density at radius 3 is 2.00 bits per heavy atom. The van der Waals surface area contributed by atoms with Crippen molar-refractivity contribution in [3.05, 3.63) is 63.2 Å². The predicted molar refractivity (Wildman–Crippen MR) is 105 cm³/mol. The molecule has 1 aliphatic heterocycles. The zero-order valence-electron chi connectivity index (χ0n) is 16.3. The molecule has 0 bridgehead atoms. The molecule has 0 saturated heterocycles. The Morgan fingerprint density at radius 1 is 0.931 bits per heavy atom. The van der Waals surface area contributed by atoms with Crippen molar-refractivity contribution in [3.63, 3.8) is 0 Å². The van der Waals surface area contributed by atoms with Crippen LogP contribution in [0, 0.1) is 10.1 Å². The van der Waals surface area contributed by atoms with Crippen molar-refractivity contribution < 1.29 is 24.0 Å². The monoisotopic (exact) mass is 398 g/mol. The molecule has 0 radical (unpaired) electrons. The summed E-state index contributed by atoms with van der Waals surface area (Å²) < 4.78 is 11.2. The van der Waals surface area contributed by atoms with Gasteiger partial charge < -0.3 is 9.47 Å². The van der Waals surface area contributed by atoms with E-state index >= 15 is 0 Å². The lowest BCUT2D eigenvalue weighted by atomic mass is 10.1. The van der Waals surface area contributed by atoms with Gasteiger partial charge in [0.1, 0.15) is 5.75 Å². The third-order valence-electron chi connectivity index (χ3n) is 4.47. The minimum atomic E-state index is -0.532. The van der Waals surface area contributed by atoms with E-state index in [1.165, 1.54) is 12.1 Å². The molecule has 2 aromatic carbocycles. The Kier molecular flexibility index (Phi) is 6.11. The topological polar surface area (TPSA) is 99.0 Å². The second-order valence-corrected chi connectivity index (χ2v) is 6.62. The minimum absolute atomic E-state index is 0.0636. The van der Waals surface area contributed by atoms with Crippen molar-refractivity contribution in [2.75, 3.05) is 13.2 Å². The van der Waals surface area contributed by atoms with Crippen LogP contribution in [0.15, 0.2) is 36.4 Å². The third kappa shape index (κ3) is 4.06. The van der Waals surface area contributed by atoms with Gasteiger partial charge in [-0.05, 0) is 31.0 Å². The van der Waals surface area contributed by atoms with Gasteiger partial charge in [0.05, 0.1) is 41.9 Å². The van der Waals surface area contributed by atoms with Crippen molar-refractivity contribution in [2.24, 2.45) is 0 Å². The maximum atomic E-state index is 12.7. The third-order valence-corrected chi connectivity index (χ3v) is 4.47. The average Bonchev–Trinajstić information content (AvgIpc) is 2.96. The van der Waals surface area contributed by atoms with E-state index in [4.69, 9.17) is 9.47 Å². The summed E-state index contributed by atoms with van der Waals surface area (Å²) in [4.78, 5) is 37.4. The molecule has 29 heavy (non-hydrogen) atoms.